The van der Waals surface area contributed by atoms with Crippen molar-refractivity contribution in [3.8, 4) is 11.8 Å². The Hall–Kier alpha value is -1.05. The van der Waals surface area contributed by atoms with Crippen LogP contribution in [0.1, 0.15) is 44.2 Å². The van der Waals surface area contributed by atoms with Crippen molar-refractivity contribution >= 4 is 15.9 Å². The third kappa shape index (κ3) is 5.01. The van der Waals surface area contributed by atoms with E-state index in [0.29, 0.717) is 12.6 Å². The molecule has 0 saturated heterocycles. The molecule has 0 amide bonds. The molecule has 0 spiro atoms. The van der Waals surface area contributed by atoms with E-state index in [0.717, 1.165) is 28.8 Å². The predicted octanol–water partition coefficient (Wildman–Crippen LogP) is 4.33. The van der Waals surface area contributed by atoms with Gasteiger partial charge in [-0.05, 0) is 57.7 Å². The van der Waals surface area contributed by atoms with Crippen molar-refractivity contribution in [3.05, 3.63) is 27.7 Å². The summed E-state index contributed by atoms with van der Waals surface area (Å²) in [5.74, 6) is 0.958. The van der Waals surface area contributed by atoms with Crippen molar-refractivity contribution < 1.29 is 4.74 Å². The largest absolute Gasteiger partial charge is 0.493 e. The van der Waals surface area contributed by atoms with Crippen molar-refractivity contribution in [1.29, 1.82) is 5.26 Å². The minimum Gasteiger partial charge on any atom is -0.493 e. The maximum absolute atomic E-state index is 9.07. The zero-order valence-corrected chi connectivity index (χ0v) is 14.6. The summed E-state index contributed by atoms with van der Waals surface area (Å²) in [5, 5.41) is 12.6. The average molecular weight is 351 g/mol. The molecule has 0 heterocycles. The van der Waals surface area contributed by atoms with E-state index in [1.54, 1.807) is 0 Å². The predicted molar refractivity (Wildman–Crippen MR) is 88.2 cm³/mol. The van der Waals surface area contributed by atoms with E-state index in [-0.39, 0.29) is 5.41 Å². The Morgan fingerprint density at radius 1 is 1.43 bits per heavy atom. The zero-order chi connectivity index (χ0) is 15.5. The second kappa shape index (κ2) is 6.81. The molecule has 0 aromatic heterocycles. The molecule has 114 valence electrons. The molecule has 0 bridgehead atoms. The molecule has 1 saturated carbocycles. The highest BCUT2D eigenvalue weighted by molar-refractivity contribution is 9.10. The van der Waals surface area contributed by atoms with Crippen molar-refractivity contribution in [2.75, 3.05) is 6.61 Å². The van der Waals surface area contributed by atoms with Gasteiger partial charge in [0, 0.05) is 22.6 Å². The van der Waals surface area contributed by atoms with Crippen molar-refractivity contribution in [2.24, 2.45) is 5.41 Å². The highest BCUT2D eigenvalue weighted by Gasteiger charge is 2.21. The van der Waals surface area contributed by atoms with E-state index in [1.807, 2.05) is 13.8 Å². The third-order valence-electron chi connectivity index (χ3n) is 3.75. The van der Waals surface area contributed by atoms with Crippen LogP contribution in [0.4, 0.5) is 0 Å². The fraction of sp³-hybridized carbons (Fsp3) is 0.588. The fourth-order valence-electron chi connectivity index (χ4n) is 2.14. The second-order valence-corrected chi connectivity index (χ2v) is 7.38. The SMILES string of the molecule is Cc1cc(Br)cc(CNC2CC2)c1OCCC(C)(C)C#N. The number of nitrogens with one attached hydrogen (secondary N) is 1. The topological polar surface area (TPSA) is 45.0 Å². The number of nitrogens with zero attached hydrogens (tertiary/aromatic N) is 1. The van der Waals surface area contributed by atoms with Crippen LogP contribution in [0.2, 0.25) is 0 Å². The number of rotatable bonds is 7. The normalized spacial score (nSPS) is 14.8. The lowest BCUT2D eigenvalue weighted by Crippen LogP contribution is -2.18. The monoisotopic (exact) mass is 350 g/mol. The van der Waals surface area contributed by atoms with Crippen molar-refractivity contribution in [2.45, 2.75) is 52.6 Å². The number of nitriles is 1. The van der Waals surface area contributed by atoms with Crippen molar-refractivity contribution in [3.63, 3.8) is 0 Å². The molecule has 2 rings (SSSR count). The second-order valence-electron chi connectivity index (χ2n) is 6.46. The number of halogens is 1. The molecule has 1 aromatic carbocycles. The van der Waals surface area contributed by atoms with Gasteiger partial charge in [-0.2, -0.15) is 5.26 Å². The number of hydrogen-bond donors (Lipinski definition) is 1. The summed E-state index contributed by atoms with van der Waals surface area (Å²) in [6.45, 7) is 7.36. The van der Waals surface area contributed by atoms with Crippen LogP contribution in [-0.4, -0.2) is 12.6 Å². The summed E-state index contributed by atoms with van der Waals surface area (Å²) in [7, 11) is 0. The van der Waals surface area contributed by atoms with Gasteiger partial charge in [-0.25, -0.2) is 0 Å². The fourth-order valence-corrected chi connectivity index (χ4v) is 2.76. The van der Waals surface area contributed by atoms with Gasteiger partial charge in [-0.1, -0.05) is 15.9 Å². The van der Waals surface area contributed by atoms with Crippen LogP contribution >= 0.6 is 15.9 Å². The summed E-state index contributed by atoms with van der Waals surface area (Å²) in [6, 6.07) is 7.18. The van der Waals surface area contributed by atoms with Gasteiger partial charge in [0.2, 0.25) is 0 Å². The number of benzene rings is 1. The van der Waals surface area contributed by atoms with Crippen LogP contribution in [0, 0.1) is 23.7 Å². The molecular formula is C17H23BrN2O. The van der Waals surface area contributed by atoms with E-state index >= 15 is 0 Å². The molecule has 4 heteroatoms. The summed E-state index contributed by atoms with van der Waals surface area (Å²) >= 11 is 3.55. The van der Waals surface area contributed by atoms with Gasteiger partial charge >= 0.3 is 0 Å². The van der Waals surface area contributed by atoms with Crippen LogP contribution in [-0.2, 0) is 6.54 Å². The molecule has 1 fully saturated rings. The minimum atomic E-state index is -0.338. The first-order chi connectivity index (χ1) is 9.91. The van der Waals surface area contributed by atoms with Crippen LogP contribution in [0.3, 0.4) is 0 Å². The Bertz CT molecular complexity index is 544. The lowest BCUT2D eigenvalue weighted by Gasteiger charge is -2.19. The molecule has 1 aliphatic rings. The number of aryl methyl sites for hydroxylation is 1. The molecular weight excluding hydrogens is 328 g/mol. The summed E-state index contributed by atoms with van der Waals surface area (Å²) in [5.41, 5.74) is 1.98. The third-order valence-corrected chi connectivity index (χ3v) is 4.21. The molecule has 1 aliphatic carbocycles. The van der Waals surface area contributed by atoms with E-state index in [9.17, 15) is 0 Å². The Labute approximate surface area is 135 Å². The highest BCUT2D eigenvalue weighted by atomic mass is 79.9. The van der Waals surface area contributed by atoms with Gasteiger partial charge < -0.3 is 10.1 Å². The minimum absolute atomic E-state index is 0.338. The standard InChI is InChI=1S/C17H23BrN2O/c1-12-8-14(18)9-13(10-20-15-4-5-15)16(12)21-7-6-17(2,3)11-19/h8-9,15,20H,4-7,10H2,1-3H3. The zero-order valence-electron chi connectivity index (χ0n) is 13.0. The molecule has 1 aromatic rings. The summed E-state index contributed by atoms with van der Waals surface area (Å²) < 4.78 is 7.08. The Morgan fingerprint density at radius 2 is 2.14 bits per heavy atom. The van der Waals surface area contributed by atoms with E-state index in [4.69, 9.17) is 10.00 Å². The van der Waals surface area contributed by atoms with Gasteiger partial charge in [-0.15, -0.1) is 0 Å². The molecule has 0 aliphatic heterocycles. The molecule has 0 atom stereocenters. The van der Waals surface area contributed by atoms with Crippen LogP contribution in [0.15, 0.2) is 16.6 Å². The Balaban J connectivity index is 2.03. The molecule has 1 N–H and O–H groups in total. The van der Waals surface area contributed by atoms with Crippen LogP contribution in [0.5, 0.6) is 5.75 Å². The summed E-state index contributed by atoms with van der Waals surface area (Å²) in [4.78, 5) is 0. The van der Waals surface area contributed by atoms with Gasteiger partial charge in [0.15, 0.2) is 0 Å². The lowest BCUT2D eigenvalue weighted by molar-refractivity contribution is 0.260. The van der Waals surface area contributed by atoms with Crippen LogP contribution < -0.4 is 10.1 Å². The van der Waals surface area contributed by atoms with Gasteiger partial charge in [-0.3, -0.25) is 0 Å². The smallest absolute Gasteiger partial charge is 0.126 e. The maximum atomic E-state index is 9.07. The van der Waals surface area contributed by atoms with Gasteiger partial charge in [0.25, 0.3) is 0 Å². The first-order valence-corrected chi connectivity index (χ1v) is 8.27. The lowest BCUT2D eigenvalue weighted by atomic mass is 9.92. The van der Waals surface area contributed by atoms with E-state index < -0.39 is 0 Å². The van der Waals surface area contributed by atoms with Gasteiger partial charge in [0.1, 0.15) is 5.75 Å². The van der Waals surface area contributed by atoms with E-state index in [1.165, 1.54) is 18.4 Å². The maximum Gasteiger partial charge on any atom is 0.126 e. The quantitative estimate of drug-likeness (QED) is 0.795. The van der Waals surface area contributed by atoms with Crippen LogP contribution in [0.25, 0.3) is 0 Å². The van der Waals surface area contributed by atoms with Crippen molar-refractivity contribution in [1.82, 2.24) is 5.32 Å². The molecule has 0 radical (unpaired) electrons. The first kappa shape index (κ1) is 16.3. The average Bonchev–Trinajstić information content (AvgIpc) is 3.23. The van der Waals surface area contributed by atoms with Gasteiger partial charge in [0.05, 0.1) is 18.1 Å². The molecule has 3 nitrogen and oxygen atoms in total. The molecule has 21 heavy (non-hydrogen) atoms. The number of ether oxygens (including phenoxy) is 1. The first-order valence-electron chi connectivity index (χ1n) is 7.48. The Morgan fingerprint density at radius 3 is 2.76 bits per heavy atom. The number of hydrogen-bond acceptors (Lipinski definition) is 3. The van der Waals surface area contributed by atoms with E-state index in [2.05, 4.69) is 46.4 Å². The Kier molecular flexibility index (Phi) is 5.29. The highest BCUT2D eigenvalue weighted by Crippen LogP contribution is 2.30. The molecule has 0 unspecified atom stereocenters. The summed E-state index contributed by atoms with van der Waals surface area (Å²) in [6.07, 6.45) is 3.29.